The Kier molecular flexibility index (Phi) is 5.79. The highest BCUT2D eigenvalue weighted by Crippen LogP contribution is 2.34. The Morgan fingerprint density at radius 2 is 2.20 bits per heavy atom. The minimum atomic E-state index is 0.634. The van der Waals surface area contributed by atoms with Crippen molar-refractivity contribution < 1.29 is 0 Å². The van der Waals surface area contributed by atoms with Crippen LogP contribution >= 0.6 is 0 Å². The van der Waals surface area contributed by atoms with Gasteiger partial charge in [-0.25, -0.2) is 0 Å². The fourth-order valence-electron chi connectivity index (χ4n) is 2.69. The Labute approximate surface area is 95.0 Å². The van der Waals surface area contributed by atoms with Gasteiger partial charge in [0.2, 0.25) is 0 Å². The molecule has 0 bridgehead atoms. The predicted octanol–water partition coefficient (Wildman–Crippen LogP) is 3.20. The smallest absolute Gasteiger partial charge is 0.0246 e. The van der Waals surface area contributed by atoms with Gasteiger partial charge in [-0.15, -0.1) is 11.8 Å². The monoisotopic (exact) mass is 207 g/mol. The number of nitrogens with one attached hydrogen (secondary N) is 1. The van der Waals surface area contributed by atoms with Gasteiger partial charge in [0.05, 0.1) is 0 Å². The van der Waals surface area contributed by atoms with Crippen molar-refractivity contribution in [2.45, 2.75) is 58.9 Å². The molecular formula is C14H25N. The molecule has 0 saturated heterocycles. The molecule has 1 aliphatic carbocycles. The van der Waals surface area contributed by atoms with Crippen molar-refractivity contribution in [1.29, 1.82) is 0 Å². The Balaban J connectivity index is 2.48. The lowest BCUT2D eigenvalue weighted by molar-refractivity contribution is 0.300. The minimum absolute atomic E-state index is 0.634. The summed E-state index contributed by atoms with van der Waals surface area (Å²) in [6.45, 7) is 7.71. The fourth-order valence-corrected chi connectivity index (χ4v) is 2.69. The van der Waals surface area contributed by atoms with Crippen molar-refractivity contribution in [2.24, 2.45) is 11.8 Å². The first-order valence-corrected chi connectivity index (χ1v) is 6.42. The summed E-state index contributed by atoms with van der Waals surface area (Å²) in [5.41, 5.74) is 0. The van der Waals surface area contributed by atoms with E-state index in [1.54, 1.807) is 0 Å². The van der Waals surface area contributed by atoms with E-state index in [0.717, 1.165) is 24.8 Å². The van der Waals surface area contributed by atoms with Crippen LogP contribution in [0, 0.1) is 23.7 Å². The van der Waals surface area contributed by atoms with Gasteiger partial charge in [-0.3, -0.25) is 0 Å². The predicted molar refractivity (Wildman–Crippen MR) is 66.7 cm³/mol. The molecule has 1 rings (SSSR count). The summed E-state index contributed by atoms with van der Waals surface area (Å²) in [6.07, 6.45) is 6.47. The Bertz CT molecular complexity index is 223. The molecule has 0 aromatic rings. The standard InChI is InChI=1S/C14H25N/c1-4-6-10-14(15-11-5-2)13-9-7-8-12(13)3/h12-15H,5,7-11H2,1-3H3. The van der Waals surface area contributed by atoms with E-state index in [-0.39, 0.29) is 0 Å². The van der Waals surface area contributed by atoms with E-state index in [1.165, 1.54) is 25.7 Å². The summed E-state index contributed by atoms with van der Waals surface area (Å²) in [5, 5.41) is 3.67. The largest absolute Gasteiger partial charge is 0.313 e. The molecule has 0 spiro atoms. The molecule has 3 unspecified atom stereocenters. The van der Waals surface area contributed by atoms with Crippen LogP contribution in [0.4, 0.5) is 0 Å². The summed E-state index contributed by atoms with van der Waals surface area (Å²) in [7, 11) is 0. The van der Waals surface area contributed by atoms with Crippen LogP contribution in [0.5, 0.6) is 0 Å². The SMILES string of the molecule is CC#CCC(NCCC)C1CCCC1C. The lowest BCUT2D eigenvalue weighted by Gasteiger charge is -2.26. The van der Waals surface area contributed by atoms with Crippen LogP contribution in [0.15, 0.2) is 0 Å². The van der Waals surface area contributed by atoms with Gasteiger partial charge in [0.25, 0.3) is 0 Å². The van der Waals surface area contributed by atoms with Crippen molar-refractivity contribution in [3.8, 4) is 11.8 Å². The van der Waals surface area contributed by atoms with E-state index in [0.29, 0.717) is 6.04 Å². The van der Waals surface area contributed by atoms with Crippen LogP contribution in [-0.2, 0) is 0 Å². The zero-order chi connectivity index (χ0) is 11.1. The van der Waals surface area contributed by atoms with Gasteiger partial charge < -0.3 is 5.32 Å². The molecule has 0 heterocycles. The molecule has 1 heteroatoms. The highest BCUT2D eigenvalue weighted by atomic mass is 14.9. The average Bonchev–Trinajstić information content (AvgIpc) is 2.65. The molecule has 1 N–H and O–H groups in total. The molecule has 0 aromatic heterocycles. The zero-order valence-corrected chi connectivity index (χ0v) is 10.5. The van der Waals surface area contributed by atoms with E-state index in [1.807, 2.05) is 6.92 Å². The van der Waals surface area contributed by atoms with Crippen molar-refractivity contribution >= 4 is 0 Å². The van der Waals surface area contributed by atoms with E-state index >= 15 is 0 Å². The van der Waals surface area contributed by atoms with Gasteiger partial charge in [-0.05, 0) is 38.1 Å². The van der Waals surface area contributed by atoms with Crippen LogP contribution in [-0.4, -0.2) is 12.6 Å². The zero-order valence-electron chi connectivity index (χ0n) is 10.5. The van der Waals surface area contributed by atoms with Gasteiger partial charge in [0.1, 0.15) is 0 Å². The third-order valence-corrected chi connectivity index (χ3v) is 3.60. The summed E-state index contributed by atoms with van der Waals surface area (Å²) < 4.78 is 0. The van der Waals surface area contributed by atoms with Crippen LogP contribution in [0.1, 0.15) is 52.9 Å². The molecule has 1 nitrogen and oxygen atoms in total. The summed E-state index contributed by atoms with van der Waals surface area (Å²) in [6, 6.07) is 0.634. The molecule has 0 radical (unpaired) electrons. The van der Waals surface area contributed by atoms with E-state index < -0.39 is 0 Å². The number of rotatable bonds is 5. The quantitative estimate of drug-likeness (QED) is 0.683. The third-order valence-electron chi connectivity index (χ3n) is 3.60. The molecule has 1 fully saturated rings. The van der Waals surface area contributed by atoms with Crippen LogP contribution in [0.25, 0.3) is 0 Å². The normalized spacial score (nSPS) is 27.1. The molecule has 1 aliphatic rings. The molecule has 0 amide bonds. The maximum Gasteiger partial charge on any atom is 0.0246 e. The van der Waals surface area contributed by atoms with Gasteiger partial charge in [-0.2, -0.15) is 0 Å². The van der Waals surface area contributed by atoms with Crippen molar-refractivity contribution in [3.05, 3.63) is 0 Å². The summed E-state index contributed by atoms with van der Waals surface area (Å²) in [4.78, 5) is 0. The molecule has 0 aromatic carbocycles. The van der Waals surface area contributed by atoms with Crippen LogP contribution in [0.3, 0.4) is 0 Å². The Morgan fingerprint density at radius 1 is 1.40 bits per heavy atom. The fraction of sp³-hybridized carbons (Fsp3) is 0.857. The highest BCUT2D eigenvalue weighted by Gasteiger charge is 2.29. The highest BCUT2D eigenvalue weighted by molar-refractivity contribution is 5.00. The van der Waals surface area contributed by atoms with Crippen molar-refractivity contribution in [1.82, 2.24) is 5.32 Å². The maximum atomic E-state index is 3.67. The first-order chi connectivity index (χ1) is 7.29. The lowest BCUT2D eigenvalue weighted by atomic mass is 9.88. The second kappa shape index (κ2) is 6.90. The molecular weight excluding hydrogens is 182 g/mol. The maximum absolute atomic E-state index is 3.67. The van der Waals surface area contributed by atoms with Crippen molar-refractivity contribution in [2.75, 3.05) is 6.54 Å². The topological polar surface area (TPSA) is 12.0 Å². The first-order valence-electron chi connectivity index (χ1n) is 6.42. The van der Waals surface area contributed by atoms with Gasteiger partial charge in [0, 0.05) is 12.5 Å². The van der Waals surface area contributed by atoms with Crippen LogP contribution in [0.2, 0.25) is 0 Å². The number of hydrogen-bond acceptors (Lipinski definition) is 1. The van der Waals surface area contributed by atoms with Crippen LogP contribution < -0.4 is 5.32 Å². The Morgan fingerprint density at radius 3 is 2.73 bits per heavy atom. The van der Waals surface area contributed by atoms with Gasteiger partial charge in [-0.1, -0.05) is 26.7 Å². The molecule has 15 heavy (non-hydrogen) atoms. The first kappa shape index (κ1) is 12.6. The van der Waals surface area contributed by atoms with E-state index in [2.05, 4.69) is 31.0 Å². The molecule has 86 valence electrons. The summed E-state index contributed by atoms with van der Waals surface area (Å²) in [5.74, 6) is 8.01. The second-order valence-corrected chi connectivity index (χ2v) is 4.76. The third kappa shape index (κ3) is 3.87. The molecule has 1 saturated carbocycles. The lowest BCUT2D eigenvalue weighted by Crippen LogP contribution is -2.37. The summed E-state index contributed by atoms with van der Waals surface area (Å²) >= 11 is 0. The average molecular weight is 207 g/mol. The Hall–Kier alpha value is -0.480. The van der Waals surface area contributed by atoms with Gasteiger partial charge >= 0.3 is 0 Å². The van der Waals surface area contributed by atoms with E-state index in [4.69, 9.17) is 0 Å². The second-order valence-electron chi connectivity index (χ2n) is 4.76. The van der Waals surface area contributed by atoms with E-state index in [9.17, 15) is 0 Å². The molecule has 0 aliphatic heterocycles. The number of hydrogen-bond donors (Lipinski definition) is 1. The van der Waals surface area contributed by atoms with Gasteiger partial charge in [0.15, 0.2) is 0 Å². The minimum Gasteiger partial charge on any atom is -0.313 e. The molecule has 3 atom stereocenters. The van der Waals surface area contributed by atoms with Crippen molar-refractivity contribution in [3.63, 3.8) is 0 Å².